The van der Waals surface area contributed by atoms with Crippen molar-refractivity contribution in [3.63, 3.8) is 0 Å². The van der Waals surface area contributed by atoms with Gasteiger partial charge in [-0.2, -0.15) is 0 Å². The third-order valence-corrected chi connectivity index (χ3v) is 5.54. The zero-order valence-corrected chi connectivity index (χ0v) is 16.2. The van der Waals surface area contributed by atoms with Gasteiger partial charge in [-0.15, -0.1) is 0 Å². The summed E-state index contributed by atoms with van der Waals surface area (Å²) in [6, 6.07) is 25.3. The van der Waals surface area contributed by atoms with E-state index in [4.69, 9.17) is 0 Å². The Bertz CT molecular complexity index is 880. The number of aliphatic hydroxyl groups is 1. The van der Waals surface area contributed by atoms with Gasteiger partial charge in [0.1, 0.15) is 5.82 Å². The summed E-state index contributed by atoms with van der Waals surface area (Å²) in [6.45, 7) is 3.19. The fourth-order valence-electron chi connectivity index (χ4n) is 3.96. The summed E-state index contributed by atoms with van der Waals surface area (Å²) in [5, 5.41) is 11.2. The molecular weight excluding hydrogens is 349 g/mol. The van der Waals surface area contributed by atoms with E-state index >= 15 is 0 Å². The molecular formula is C25H26FNO. The molecule has 0 spiro atoms. The van der Waals surface area contributed by atoms with Crippen LogP contribution in [0.25, 0.3) is 0 Å². The van der Waals surface area contributed by atoms with Gasteiger partial charge in [-0.1, -0.05) is 72.8 Å². The Labute approximate surface area is 166 Å². The van der Waals surface area contributed by atoms with Crippen LogP contribution in [-0.4, -0.2) is 15.6 Å². The summed E-state index contributed by atoms with van der Waals surface area (Å²) in [5.41, 5.74) is 2.90. The Morgan fingerprint density at radius 3 is 1.89 bits per heavy atom. The first-order valence-corrected chi connectivity index (χ1v) is 9.85. The monoisotopic (exact) mass is 375 g/mol. The number of aryl methyl sites for hydroxylation is 1. The highest BCUT2D eigenvalue weighted by Crippen LogP contribution is 2.50. The van der Waals surface area contributed by atoms with E-state index in [0.717, 1.165) is 16.7 Å². The average molecular weight is 375 g/mol. The Morgan fingerprint density at radius 2 is 1.43 bits per heavy atom. The van der Waals surface area contributed by atoms with Crippen molar-refractivity contribution in [2.75, 3.05) is 0 Å². The fraction of sp³-hybridized carbons (Fsp3) is 0.280. The van der Waals surface area contributed by atoms with Crippen molar-refractivity contribution in [3.8, 4) is 0 Å². The van der Waals surface area contributed by atoms with Crippen molar-refractivity contribution in [1.82, 2.24) is 4.90 Å². The highest BCUT2D eigenvalue weighted by Gasteiger charge is 2.51. The van der Waals surface area contributed by atoms with E-state index in [1.54, 1.807) is 6.07 Å². The normalized spacial score (nSPS) is 16.1. The highest BCUT2D eigenvalue weighted by molar-refractivity contribution is 5.31. The predicted molar refractivity (Wildman–Crippen MR) is 110 cm³/mol. The molecule has 4 rings (SSSR count). The van der Waals surface area contributed by atoms with Gasteiger partial charge in [-0.05, 0) is 42.5 Å². The SMILES string of the molecule is Cc1ccc(C(N(Cc2ccccc2)Cc2ccccc2)C2(O)CC2)c(F)c1. The lowest BCUT2D eigenvalue weighted by Crippen LogP contribution is -2.38. The Kier molecular flexibility index (Phi) is 5.29. The molecule has 0 radical (unpaired) electrons. The quantitative estimate of drug-likeness (QED) is 0.597. The minimum absolute atomic E-state index is 0.239. The first kappa shape index (κ1) is 18.9. The van der Waals surface area contributed by atoms with Gasteiger partial charge in [0.2, 0.25) is 0 Å². The van der Waals surface area contributed by atoms with E-state index in [1.807, 2.05) is 55.5 Å². The van der Waals surface area contributed by atoms with E-state index in [2.05, 4.69) is 29.2 Å². The summed E-state index contributed by atoms with van der Waals surface area (Å²) >= 11 is 0. The summed E-state index contributed by atoms with van der Waals surface area (Å²) in [7, 11) is 0. The van der Waals surface area contributed by atoms with Gasteiger partial charge in [-0.25, -0.2) is 4.39 Å². The van der Waals surface area contributed by atoms with Gasteiger partial charge in [0.15, 0.2) is 0 Å². The molecule has 1 saturated carbocycles. The summed E-state index contributed by atoms with van der Waals surface area (Å²) in [5.74, 6) is -0.239. The molecule has 144 valence electrons. The maximum absolute atomic E-state index is 15.0. The van der Waals surface area contributed by atoms with Crippen LogP contribution >= 0.6 is 0 Å². The highest BCUT2D eigenvalue weighted by atomic mass is 19.1. The van der Waals surface area contributed by atoms with Crippen molar-refractivity contribution in [2.24, 2.45) is 0 Å². The minimum Gasteiger partial charge on any atom is -0.388 e. The fourth-order valence-corrected chi connectivity index (χ4v) is 3.96. The van der Waals surface area contributed by atoms with Crippen molar-refractivity contribution in [1.29, 1.82) is 0 Å². The minimum atomic E-state index is -0.875. The van der Waals surface area contributed by atoms with Crippen LogP contribution in [-0.2, 0) is 13.1 Å². The van der Waals surface area contributed by atoms with Crippen molar-refractivity contribution in [2.45, 2.75) is 44.5 Å². The maximum atomic E-state index is 15.0. The van der Waals surface area contributed by atoms with E-state index < -0.39 is 5.60 Å². The van der Waals surface area contributed by atoms with Crippen LogP contribution < -0.4 is 0 Å². The van der Waals surface area contributed by atoms with Crippen molar-refractivity contribution >= 4 is 0 Å². The summed E-state index contributed by atoms with van der Waals surface area (Å²) in [4.78, 5) is 2.21. The van der Waals surface area contributed by atoms with Crippen LogP contribution in [0.1, 0.15) is 41.1 Å². The van der Waals surface area contributed by atoms with Crippen LogP contribution in [0.4, 0.5) is 4.39 Å². The van der Waals surface area contributed by atoms with Crippen LogP contribution in [0, 0.1) is 12.7 Å². The topological polar surface area (TPSA) is 23.5 Å². The Morgan fingerprint density at radius 1 is 0.893 bits per heavy atom. The average Bonchev–Trinajstić information content (AvgIpc) is 3.43. The van der Waals surface area contributed by atoms with E-state index in [9.17, 15) is 9.50 Å². The van der Waals surface area contributed by atoms with E-state index in [0.29, 0.717) is 31.5 Å². The summed E-state index contributed by atoms with van der Waals surface area (Å²) in [6.07, 6.45) is 1.40. The Balaban J connectivity index is 1.74. The summed E-state index contributed by atoms with van der Waals surface area (Å²) < 4.78 is 15.0. The van der Waals surface area contributed by atoms with Gasteiger partial charge in [-0.3, -0.25) is 4.90 Å². The van der Waals surface area contributed by atoms with Crippen LogP contribution in [0.5, 0.6) is 0 Å². The number of halogens is 1. The smallest absolute Gasteiger partial charge is 0.128 e. The molecule has 0 bridgehead atoms. The van der Waals surface area contributed by atoms with Crippen LogP contribution in [0.15, 0.2) is 78.9 Å². The molecule has 0 aliphatic heterocycles. The number of hydrogen-bond donors (Lipinski definition) is 1. The van der Waals surface area contributed by atoms with Crippen LogP contribution in [0.3, 0.4) is 0 Å². The third kappa shape index (κ3) is 4.16. The molecule has 0 aromatic heterocycles. The Hall–Kier alpha value is -2.49. The lowest BCUT2D eigenvalue weighted by molar-refractivity contribution is 0.0171. The molecule has 1 N–H and O–H groups in total. The molecule has 3 aromatic rings. The second-order valence-electron chi connectivity index (χ2n) is 7.91. The first-order chi connectivity index (χ1) is 13.5. The van der Waals surface area contributed by atoms with Crippen molar-refractivity contribution in [3.05, 3.63) is 107 Å². The molecule has 1 atom stereocenters. The number of rotatable bonds is 7. The van der Waals surface area contributed by atoms with E-state index in [-0.39, 0.29) is 11.9 Å². The second-order valence-corrected chi connectivity index (χ2v) is 7.91. The molecule has 0 heterocycles. The standard InChI is InChI=1S/C25H26FNO/c1-19-12-13-22(23(26)16-19)24(25(28)14-15-25)27(17-20-8-4-2-5-9-20)18-21-10-6-3-7-11-21/h2-13,16,24,28H,14-15,17-18H2,1H3. The predicted octanol–water partition coefficient (Wildman–Crippen LogP) is 5.40. The molecule has 1 aliphatic rings. The first-order valence-electron chi connectivity index (χ1n) is 9.85. The molecule has 1 unspecified atom stereocenters. The molecule has 3 aromatic carbocycles. The van der Waals surface area contributed by atoms with Gasteiger partial charge < -0.3 is 5.11 Å². The molecule has 0 saturated heterocycles. The molecule has 28 heavy (non-hydrogen) atoms. The lowest BCUT2D eigenvalue weighted by Gasteiger charge is -2.36. The van der Waals surface area contributed by atoms with Crippen molar-refractivity contribution < 1.29 is 9.50 Å². The molecule has 1 aliphatic carbocycles. The number of nitrogens with zero attached hydrogens (tertiary/aromatic N) is 1. The molecule has 2 nitrogen and oxygen atoms in total. The largest absolute Gasteiger partial charge is 0.388 e. The molecule has 0 amide bonds. The number of hydrogen-bond acceptors (Lipinski definition) is 2. The zero-order chi connectivity index (χ0) is 19.6. The van der Waals surface area contributed by atoms with Gasteiger partial charge in [0.25, 0.3) is 0 Å². The van der Waals surface area contributed by atoms with E-state index in [1.165, 1.54) is 0 Å². The molecule has 3 heteroatoms. The second kappa shape index (κ2) is 7.86. The molecule has 1 fully saturated rings. The maximum Gasteiger partial charge on any atom is 0.128 e. The van der Waals surface area contributed by atoms with Gasteiger partial charge in [0.05, 0.1) is 11.6 Å². The van der Waals surface area contributed by atoms with Gasteiger partial charge in [0, 0.05) is 18.7 Å². The lowest BCUT2D eigenvalue weighted by atomic mass is 9.94. The number of benzene rings is 3. The zero-order valence-electron chi connectivity index (χ0n) is 16.2. The third-order valence-electron chi connectivity index (χ3n) is 5.54. The van der Waals surface area contributed by atoms with Gasteiger partial charge >= 0.3 is 0 Å². The van der Waals surface area contributed by atoms with Crippen LogP contribution in [0.2, 0.25) is 0 Å².